The molecule has 0 heterocycles. The second kappa shape index (κ2) is 9.10. The fourth-order valence-corrected chi connectivity index (χ4v) is 1.61. The normalized spacial score (nSPS) is 12.5. The third-order valence-electron chi connectivity index (χ3n) is 2.76. The summed E-state index contributed by atoms with van der Waals surface area (Å²) in [5.41, 5.74) is 6.60. The molecule has 6 heteroatoms. The molecule has 0 amide bonds. The predicted octanol–water partition coefficient (Wildman–Crippen LogP) is 2.65. The van der Waals surface area contributed by atoms with E-state index in [2.05, 4.69) is 0 Å². The van der Waals surface area contributed by atoms with E-state index in [0.29, 0.717) is 17.9 Å². The van der Waals surface area contributed by atoms with Crippen LogP contribution in [0.4, 0.5) is 0 Å². The number of hydrogen-bond acceptors (Lipinski definition) is 5. The minimum atomic E-state index is -0.253. The van der Waals surface area contributed by atoms with E-state index in [-0.39, 0.29) is 37.4 Å². The number of aliphatic hydroxyl groups excluding tert-OH is 1. The minimum absolute atomic E-state index is 0. The standard InChI is InChI=1S/C15H25NO4.ClH/c1-15(2,3)20-10-19-13-6-5-11(9-14(13)18-4)12(16)7-8-17;/h5-6,9,12,17H,7-8,10,16H2,1-4H3;1H. The Balaban J connectivity index is 0.00000400. The van der Waals surface area contributed by atoms with Gasteiger partial charge in [0.1, 0.15) is 0 Å². The summed E-state index contributed by atoms with van der Waals surface area (Å²) >= 11 is 0. The monoisotopic (exact) mass is 319 g/mol. The molecule has 0 saturated heterocycles. The summed E-state index contributed by atoms with van der Waals surface area (Å²) in [6.07, 6.45) is 0.510. The molecule has 0 aliphatic carbocycles. The molecule has 0 saturated carbocycles. The number of nitrogens with two attached hydrogens (primary N) is 1. The Bertz CT molecular complexity index is 421. The summed E-state index contributed by atoms with van der Waals surface area (Å²) in [7, 11) is 1.58. The number of benzene rings is 1. The Morgan fingerprint density at radius 1 is 1.24 bits per heavy atom. The number of ether oxygens (including phenoxy) is 3. The van der Waals surface area contributed by atoms with E-state index in [1.807, 2.05) is 32.9 Å². The summed E-state index contributed by atoms with van der Waals surface area (Å²) in [4.78, 5) is 0. The molecule has 21 heavy (non-hydrogen) atoms. The largest absolute Gasteiger partial charge is 0.493 e. The van der Waals surface area contributed by atoms with E-state index >= 15 is 0 Å². The summed E-state index contributed by atoms with van der Waals surface area (Å²) in [5.74, 6) is 1.21. The lowest BCUT2D eigenvalue weighted by molar-refractivity contribution is -0.0764. The lowest BCUT2D eigenvalue weighted by Crippen LogP contribution is -2.22. The van der Waals surface area contributed by atoms with E-state index in [9.17, 15) is 0 Å². The van der Waals surface area contributed by atoms with Gasteiger partial charge in [0.05, 0.1) is 12.7 Å². The highest BCUT2D eigenvalue weighted by molar-refractivity contribution is 5.85. The SMILES string of the molecule is COc1cc(C(N)CCO)ccc1OCOC(C)(C)C.Cl. The maximum Gasteiger partial charge on any atom is 0.189 e. The van der Waals surface area contributed by atoms with Crippen LogP contribution in [-0.4, -0.2) is 31.2 Å². The van der Waals surface area contributed by atoms with Gasteiger partial charge in [-0.15, -0.1) is 12.4 Å². The Kier molecular flexibility index (Phi) is 8.66. The molecule has 1 rings (SSSR count). The van der Waals surface area contributed by atoms with Gasteiger partial charge in [-0.05, 0) is 44.9 Å². The van der Waals surface area contributed by atoms with Gasteiger partial charge in [-0.1, -0.05) is 6.07 Å². The second-order valence-corrected chi connectivity index (χ2v) is 5.55. The smallest absolute Gasteiger partial charge is 0.189 e. The van der Waals surface area contributed by atoms with E-state index < -0.39 is 0 Å². The van der Waals surface area contributed by atoms with Gasteiger partial charge >= 0.3 is 0 Å². The fourth-order valence-electron chi connectivity index (χ4n) is 1.61. The van der Waals surface area contributed by atoms with Crippen molar-refractivity contribution in [1.29, 1.82) is 0 Å². The van der Waals surface area contributed by atoms with E-state index in [0.717, 1.165) is 5.56 Å². The maximum absolute atomic E-state index is 8.92. The molecule has 0 spiro atoms. The average Bonchev–Trinajstić information content (AvgIpc) is 2.37. The van der Waals surface area contributed by atoms with Crippen molar-refractivity contribution in [3.8, 4) is 11.5 Å². The molecule has 122 valence electrons. The first kappa shape index (κ1) is 20.0. The van der Waals surface area contributed by atoms with Crippen LogP contribution in [0.5, 0.6) is 11.5 Å². The van der Waals surface area contributed by atoms with Crippen LogP contribution >= 0.6 is 12.4 Å². The van der Waals surface area contributed by atoms with E-state index in [4.69, 9.17) is 25.1 Å². The molecule has 0 aromatic heterocycles. The number of hydrogen-bond donors (Lipinski definition) is 2. The minimum Gasteiger partial charge on any atom is -0.493 e. The van der Waals surface area contributed by atoms with Gasteiger partial charge < -0.3 is 25.1 Å². The molecule has 1 aromatic rings. The van der Waals surface area contributed by atoms with Crippen LogP contribution in [-0.2, 0) is 4.74 Å². The molecule has 1 aromatic carbocycles. The van der Waals surface area contributed by atoms with E-state index in [1.165, 1.54) is 0 Å². The third-order valence-corrected chi connectivity index (χ3v) is 2.76. The van der Waals surface area contributed by atoms with E-state index in [1.54, 1.807) is 13.2 Å². The van der Waals surface area contributed by atoms with Crippen LogP contribution in [0.1, 0.15) is 38.8 Å². The molecule has 1 atom stereocenters. The Labute approximate surface area is 132 Å². The maximum atomic E-state index is 8.92. The summed E-state index contributed by atoms with van der Waals surface area (Å²) in [5, 5.41) is 8.92. The molecule has 0 fully saturated rings. The van der Waals surface area contributed by atoms with Gasteiger partial charge in [-0.3, -0.25) is 0 Å². The van der Waals surface area contributed by atoms with Gasteiger partial charge in [-0.25, -0.2) is 0 Å². The van der Waals surface area contributed by atoms with Crippen molar-refractivity contribution in [2.75, 3.05) is 20.5 Å². The molecular weight excluding hydrogens is 294 g/mol. The third kappa shape index (κ3) is 7.00. The van der Waals surface area contributed by atoms with Crippen LogP contribution in [0.25, 0.3) is 0 Å². The number of methoxy groups -OCH3 is 1. The predicted molar refractivity (Wildman–Crippen MR) is 85.2 cm³/mol. The zero-order chi connectivity index (χ0) is 15.2. The van der Waals surface area contributed by atoms with Gasteiger partial charge in [0.25, 0.3) is 0 Å². The second-order valence-electron chi connectivity index (χ2n) is 5.55. The first-order valence-electron chi connectivity index (χ1n) is 6.68. The number of halogens is 1. The van der Waals surface area contributed by atoms with Crippen molar-refractivity contribution < 1.29 is 19.3 Å². The van der Waals surface area contributed by atoms with Crippen molar-refractivity contribution in [2.45, 2.75) is 38.8 Å². The summed E-state index contributed by atoms with van der Waals surface area (Å²) < 4.78 is 16.4. The highest BCUT2D eigenvalue weighted by Gasteiger charge is 2.13. The van der Waals surface area contributed by atoms with Crippen molar-refractivity contribution in [3.05, 3.63) is 23.8 Å². The molecule has 0 aliphatic rings. The summed E-state index contributed by atoms with van der Waals surface area (Å²) in [6.45, 7) is 6.10. The molecule has 0 aliphatic heterocycles. The van der Waals surface area contributed by atoms with Gasteiger partial charge in [-0.2, -0.15) is 0 Å². The Morgan fingerprint density at radius 3 is 2.43 bits per heavy atom. The zero-order valence-corrected chi connectivity index (χ0v) is 13.9. The molecule has 0 bridgehead atoms. The van der Waals surface area contributed by atoms with Gasteiger partial charge in [0.2, 0.25) is 0 Å². The molecule has 0 radical (unpaired) electrons. The fraction of sp³-hybridized carbons (Fsp3) is 0.600. The highest BCUT2D eigenvalue weighted by Crippen LogP contribution is 2.30. The van der Waals surface area contributed by atoms with Crippen LogP contribution in [0.3, 0.4) is 0 Å². The lowest BCUT2D eigenvalue weighted by Gasteiger charge is -2.20. The van der Waals surface area contributed by atoms with Crippen LogP contribution < -0.4 is 15.2 Å². The zero-order valence-electron chi connectivity index (χ0n) is 13.1. The topological polar surface area (TPSA) is 73.9 Å². The molecular formula is C15H26ClNO4. The Morgan fingerprint density at radius 2 is 1.90 bits per heavy atom. The quantitative estimate of drug-likeness (QED) is 0.756. The van der Waals surface area contributed by atoms with Crippen LogP contribution in [0.2, 0.25) is 0 Å². The average molecular weight is 320 g/mol. The number of aliphatic hydroxyl groups is 1. The van der Waals surface area contributed by atoms with Crippen molar-refractivity contribution in [2.24, 2.45) is 5.73 Å². The first-order valence-corrected chi connectivity index (χ1v) is 6.68. The lowest BCUT2D eigenvalue weighted by atomic mass is 10.0. The molecule has 5 nitrogen and oxygen atoms in total. The van der Waals surface area contributed by atoms with Crippen LogP contribution in [0.15, 0.2) is 18.2 Å². The molecule has 3 N–H and O–H groups in total. The first-order chi connectivity index (χ1) is 9.37. The van der Waals surface area contributed by atoms with Gasteiger partial charge in [0, 0.05) is 12.6 Å². The molecule has 1 unspecified atom stereocenters. The van der Waals surface area contributed by atoms with Crippen molar-refractivity contribution >= 4 is 12.4 Å². The van der Waals surface area contributed by atoms with Crippen molar-refractivity contribution in [1.82, 2.24) is 0 Å². The van der Waals surface area contributed by atoms with Gasteiger partial charge in [0.15, 0.2) is 18.3 Å². The Hall–Kier alpha value is -1.01. The van der Waals surface area contributed by atoms with Crippen molar-refractivity contribution in [3.63, 3.8) is 0 Å². The highest BCUT2D eigenvalue weighted by atomic mass is 35.5. The van der Waals surface area contributed by atoms with Crippen LogP contribution in [0, 0.1) is 0 Å². The summed E-state index contributed by atoms with van der Waals surface area (Å²) in [6, 6.07) is 5.29. The number of rotatable bonds is 7.